The van der Waals surface area contributed by atoms with Crippen molar-refractivity contribution in [2.24, 2.45) is 17.8 Å². The molecule has 0 radical (unpaired) electrons. The number of ketones is 2. The Hall–Kier alpha value is -5.81. The number of nitrogens with zero attached hydrogens (tertiary/aromatic N) is 8. The van der Waals surface area contributed by atoms with E-state index in [1.54, 1.807) is 38.5 Å². The maximum absolute atomic E-state index is 14.7. The minimum Gasteiger partial charge on any atom is -0.476 e. The Balaban J connectivity index is 0.000000268. The highest BCUT2D eigenvalue weighted by Gasteiger charge is 2.20. The first-order chi connectivity index (χ1) is 33.0. The van der Waals surface area contributed by atoms with Crippen LogP contribution in [-0.2, 0) is 19.1 Å². The van der Waals surface area contributed by atoms with Gasteiger partial charge in [0.15, 0.2) is 17.2 Å². The molecular formula is C47H57Br3FN9O10. The van der Waals surface area contributed by atoms with Gasteiger partial charge in [0.1, 0.15) is 36.5 Å². The van der Waals surface area contributed by atoms with Gasteiger partial charge in [0.05, 0.1) is 69.6 Å². The summed E-state index contributed by atoms with van der Waals surface area (Å²) in [4.78, 5) is 78.4. The molecule has 0 unspecified atom stereocenters. The van der Waals surface area contributed by atoms with Crippen molar-refractivity contribution in [1.29, 1.82) is 0 Å². The van der Waals surface area contributed by atoms with Crippen molar-refractivity contribution >= 4 is 76.4 Å². The average molecular weight is 1170 g/mol. The molecule has 70 heavy (non-hydrogen) atoms. The molecule has 19 nitrogen and oxygen atoms in total. The number of rotatable bonds is 18. The summed E-state index contributed by atoms with van der Waals surface area (Å²) in [6.07, 6.45) is 12.9. The van der Waals surface area contributed by atoms with Crippen LogP contribution >= 0.6 is 47.8 Å². The van der Waals surface area contributed by atoms with Crippen LogP contribution in [0.2, 0.25) is 0 Å². The van der Waals surface area contributed by atoms with Crippen molar-refractivity contribution in [1.82, 2.24) is 44.9 Å². The first-order valence-corrected chi connectivity index (χ1v) is 24.2. The standard InChI is InChI=1S/C20H22FN3O4.C13H19BrN2O3.C10H13BrN2O2.C4H3BrN2O/c1-11(2)20-24-14-5-6-15(18(21)19(14)28-20)27-17-9-22-16(8-23-17)26-10-12(3)7-13(4)25;1-9(5-12(17)19-13(2,3)4)8-18-11-7-15-10(14)6-16-11;1-7(3-8(2)14)6-15-10-5-12-9(11)4-13-10;5-3-1-7-4(8)2-6-3/h5-6,8-9,11-12H,7,10H2,1-4H3;6-7,9H,5,8H2,1-4H3;4-5,7H,3,6H2,1-2H3;1-2H,(H,7,8)/t12-;9-;7-;/m111./s1. The monoisotopic (exact) mass is 1160 g/mol. The van der Waals surface area contributed by atoms with Crippen molar-refractivity contribution < 1.29 is 46.9 Å². The maximum Gasteiger partial charge on any atom is 0.306 e. The molecule has 0 aliphatic rings. The molecule has 378 valence electrons. The van der Waals surface area contributed by atoms with Gasteiger partial charge in [-0.15, -0.1) is 0 Å². The summed E-state index contributed by atoms with van der Waals surface area (Å²) in [7, 11) is 0. The van der Waals surface area contributed by atoms with E-state index in [-0.39, 0.29) is 64.0 Å². The van der Waals surface area contributed by atoms with Gasteiger partial charge in [-0.1, -0.05) is 34.6 Å². The van der Waals surface area contributed by atoms with Crippen molar-refractivity contribution in [2.45, 2.75) is 100 Å². The van der Waals surface area contributed by atoms with Gasteiger partial charge in [-0.05, 0) is 106 Å². The Labute approximate surface area is 430 Å². The van der Waals surface area contributed by atoms with Crippen LogP contribution in [0.1, 0.15) is 100 Å². The number of Topliss-reactive ketones (excluding diaryl/α,β-unsaturated/α-hetero) is 2. The summed E-state index contributed by atoms with van der Waals surface area (Å²) in [5, 5.41) is 0. The fourth-order valence-corrected chi connectivity index (χ4v) is 6.04. The van der Waals surface area contributed by atoms with E-state index >= 15 is 0 Å². The first-order valence-electron chi connectivity index (χ1n) is 21.8. The third-order valence-corrected chi connectivity index (χ3v) is 9.63. The lowest BCUT2D eigenvalue weighted by Gasteiger charge is -2.20. The van der Waals surface area contributed by atoms with E-state index in [0.29, 0.717) is 81.9 Å². The SMILES string of the molecule is CC(=O)C[C@@H](C)COc1cnc(Br)cn1.CC(=O)C[C@@H](C)COc1cnc(Oc2ccc3nc(C(C)C)oc3c2F)cn1.C[C@@H](COc1cnc(Br)cn1)CC(=O)OC(C)(C)C.O=c1cnc(Br)c[nH]1. The van der Waals surface area contributed by atoms with E-state index in [1.165, 1.54) is 37.1 Å². The Morgan fingerprint density at radius 3 is 1.51 bits per heavy atom. The minimum absolute atomic E-state index is 0.0306. The van der Waals surface area contributed by atoms with Gasteiger partial charge in [0.2, 0.25) is 29.3 Å². The molecule has 23 heteroatoms. The number of hydrogen-bond acceptors (Lipinski definition) is 18. The van der Waals surface area contributed by atoms with Crippen LogP contribution < -0.4 is 24.5 Å². The number of benzene rings is 1. The molecule has 0 fully saturated rings. The second kappa shape index (κ2) is 29.4. The van der Waals surface area contributed by atoms with Crippen molar-refractivity contribution in [3.63, 3.8) is 0 Å². The molecule has 0 aliphatic carbocycles. The molecule has 0 aliphatic heterocycles. The van der Waals surface area contributed by atoms with Gasteiger partial charge in [0, 0.05) is 30.9 Å². The Morgan fingerprint density at radius 2 is 1.11 bits per heavy atom. The fourth-order valence-electron chi connectivity index (χ4n) is 5.41. The lowest BCUT2D eigenvalue weighted by atomic mass is 10.1. The van der Waals surface area contributed by atoms with E-state index < -0.39 is 11.4 Å². The van der Waals surface area contributed by atoms with Crippen LogP contribution in [-0.4, -0.2) is 87.8 Å². The molecule has 5 aromatic heterocycles. The minimum atomic E-state index is -0.642. The molecule has 0 saturated carbocycles. The summed E-state index contributed by atoms with van der Waals surface area (Å²) in [5.74, 6) is 1.58. The van der Waals surface area contributed by atoms with Gasteiger partial charge < -0.3 is 42.7 Å². The van der Waals surface area contributed by atoms with Crippen molar-refractivity contribution in [2.75, 3.05) is 19.8 Å². The number of halogens is 4. The van der Waals surface area contributed by atoms with E-state index in [0.717, 1.165) is 0 Å². The quantitative estimate of drug-likeness (QED) is 0.0786. The van der Waals surface area contributed by atoms with E-state index in [2.05, 4.69) is 92.6 Å². The third-order valence-electron chi connectivity index (χ3n) is 8.38. The highest BCUT2D eigenvalue weighted by atomic mass is 79.9. The summed E-state index contributed by atoms with van der Waals surface area (Å²) < 4.78 is 49.2. The molecule has 6 aromatic rings. The molecule has 5 heterocycles. The third kappa shape index (κ3) is 23.7. The van der Waals surface area contributed by atoms with Gasteiger partial charge in [-0.25, -0.2) is 39.9 Å². The zero-order chi connectivity index (χ0) is 52.0. The lowest BCUT2D eigenvalue weighted by Crippen LogP contribution is -2.26. The van der Waals surface area contributed by atoms with Gasteiger partial charge in [-0.3, -0.25) is 9.59 Å². The zero-order valence-electron chi connectivity index (χ0n) is 40.5. The van der Waals surface area contributed by atoms with Gasteiger partial charge in [-0.2, -0.15) is 4.39 Å². The molecule has 1 aromatic carbocycles. The molecule has 0 bridgehead atoms. The van der Waals surface area contributed by atoms with Gasteiger partial charge >= 0.3 is 5.97 Å². The zero-order valence-corrected chi connectivity index (χ0v) is 45.3. The number of oxazole rings is 1. The van der Waals surface area contributed by atoms with E-state index in [4.69, 9.17) is 28.1 Å². The van der Waals surface area contributed by atoms with Crippen LogP contribution in [0.15, 0.2) is 84.7 Å². The van der Waals surface area contributed by atoms with Gasteiger partial charge in [0.25, 0.3) is 5.56 Å². The number of aromatic nitrogens is 9. The second-order valence-electron chi connectivity index (χ2n) is 17.2. The normalized spacial score (nSPS) is 12.1. The first kappa shape index (κ1) is 58.5. The number of esters is 1. The number of carbonyl (C=O) groups excluding carboxylic acids is 3. The Morgan fingerprint density at radius 1 is 0.657 bits per heavy atom. The topological polar surface area (TPSA) is 246 Å². The predicted octanol–water partition coefficient (Wildman–Crippen LogP) is 10.4. The number of nitrogens with one attached hydrogen (secondary N) is 1. The molecular weight excluding hydrogens is 1110 g/mol. The second-order valence-corrected chi connectivity index (χ2v) is 19.6. The summed E-state index contributed by atoms with van der Waals surface area (Å²) in [6.45, 7) is 19.5. The summed E-state index contributed by atoms with van der Waals surface area (Å²) >= 11 is 9.44. The molecule has 0 saturated heterocycles. The average Bonchev–Trinajstić information content (AvgIpc) is 3.73. The molecule has 6 rings (SSSR count). The van der Waals surface area contributed by atoms with Crippen LogP contribution in [0.5, 0.6) is 29.3 Å². The molecule has 1 N–H and O–H groups in total. The fraction of sp³-hybridized carbons (Fsp3) is 0.447. The Bertz CT molecular complexity index is 2600. The van der Waals surface area contributed by atoms with Crippen molar-refractivity contribution in [3.8, 4) is 29.3 Å². The van der Waals surface area contributed by atoms with Crippen LogP contribution in [0.3, 0.4) is 0 Å². The molecule has 0 spiro atoms. The Kier molecular flexibility index (Phi) is 24.6. The summed E-state index contributed by atoms with van der Waals surface area (Å²) in [6, 6.07) is 3.10. The number of fused-ring (bicyclic) bond motifs is 1. The lowest BCUT2D eigenvalue weighted by molar-refractivity contribution is -0.156. The molecule has 0 amide bonds. The van der Waals surface area contributed by atoms with E-state index in [1.807, 2.05) is 55.4 Å². The predicted molar refractivity (Wildman–Crippen MR) is 267 cm³/mol. The maximum atomic E-state index is 14.7. The van der Waals surface area contributed by atoms with Crippen molar-refractivity contribution in [3.05, 3.63) is 97.6 Å². The number of H-pyrrole nitrogens is 1. The highest BCUT2D eigenvalue weighted by Crippen LogP contribution is 2.31. The van der Waals surface area contributed by atoms with Crippen LogP contribution in [0, 0.1) is 23.6 Å². The number of aromatic amines is 1. The number of ether oxygens (including phenoxy) is 5. The summed E-state index contributed by atoms with van der Waals surface area (Å²) in [5.41, 5.74) is -0.153. The number of hydrogen-bond donors (Lipinski definition) is 1. The number of carbonyl (C=O) groups is 3. The molecule has 3 atom stereocenters. The van der Waals surface area contributed by atoms with Crippen LogP contribution in [0.25, 0.3) is 11.1 Å². The largest absolute Gasteiger partial charge is 0.476 e. The van der Waals surface area contributed by atoms with Crippen LogP contribution in [0.4, 0.5) is 4.39 Å². The highest BCUT2D eigenvalue weighted by molar-refractivity contribution is 9.11. The van der Waals surface area contributed by atoms with E-state index in [9.17, 15) is 23.6 Å². The smallest absolute Gasteiger partial charge is 0.306 e.